The molecule has 0 aliphatic heterocycles. The number of benzene rings is 1. The van der Waals surface area contributed by atoms with Crippen LogP contribution in [-0.2, 0) is 0 Å². The minimum atomic E-state index is -0.532. The topological polar surface area (TPSA) is 79.8 Å². The van der Waals surface area contributed by atoms with Gasteiger partial charge >= 0.3 is 0 Å². The second kappa shape index (κ2) is 5.95. The van der Waals surface area contributed by atoms with Crippen molar-refractivity contribution < 1.29 is 4.92 Å². The van der Waals surface area contributed by atoms with Gasteiger partial charge in [0.25, 0.3) is 5.69 Å². The fourth-order valence-electron chi connectivity index (χ4n) is 1.70. The molecule has 1 heterocycles. The second-order valence-corrected chi connectivity index (χ2v) is 4.19. The van der Waals surface area contributed by atoms with Crippen molar-refractivity contribution >= 4 is 27.9 Å². The fourth-order valence-corrected chi connectivity index (χ4v) is 2.02. The molecule has 2 aromatic rings. The summed E-state index contributed by atoms with van der Waals surface area (Å²) in [5.74, 6) is 0. The van der Waals surface area contributed by atoms with E-state index in [4.69, 9.17) is 11.6 Å². The van der Waals surface area contributed by atoms with Gasteiger partial charge in [0.2, 0.25) is 0 Å². The lowest BCUT2D eigenvalue weighted by Crippen LogP contribution is -1.94. The van der Waals surface area contributed by atoms with Crippen LogP contribution in [0.4, 0.5) is 5.69 Å². The van der Waals surface area contributed by atoms with E-state index in [1.165, 1.54) is 18.3 Å². The maximum absolute atomic E-state index is 11.0. The first-order chi connectivity index (χ1) is 9.65. The van der Waals surface area contributed by atoms with Gasteiger partial charge in [-0.25, -0.2) is 0 Å². The third kappa shape index (κ3) is 2.66. The van der Waals surface area contributed by atoms with Crippen LogP contribution in [0.25, 0.3) is 10.6 Å². The van der Waals surface area contributed by atoms with E-state index >= 15 is 0 Å². The molecule has 0 bridgehead atoms. The Kier molecular flexibility index (Phi) is 4.08. The average molecular weight is 286 g/mol. The maximum atomic E-state index is 11.0. The van der Waals surface area contributed by atoms with Crippen molar-refractivity contribution in [2.45, 2.75) is 0 Å². The molecule has 5 nitrogen and oxygen atoms in total. The molecule has 98 valence electrons. The second-order valence-electron chi connectivity index (χ2n) is 3.82. The molecule has 20 heavy (non-hydrogen) atoms. The van der Waals surface area contributed by atoms with Crippen LogP contribution in [0.3, 0.4) is 0 Å². The highest BCUT2D eigenvalue weighted by atomic mass is 35.5. The van der Waals surface area contributed by atoms with Gasteiger partial charge in [-0.05, 0) is 12.1 Å². The van der Waals surface area contributed by atoms with E-state index in [-0.39, 0.29) is 21.9 Å². The van der Waals surface area contributed by atoms with Crippen LogP contribution in [0.2, 0.25) is 0 Å². The number of halogens is 1. The van der Waals surface area contributed by atoms with E-state index in [0.29, 0.717) is 5.56 Å². The van der Waals surface area contributed by atoms with Crippen LogP contribution in [-0.4, -0.2) is 9.91 Å². The number of nitriles is 1. The van der Waals surface area contributed by atoms with Gasteiger partial charge in [-0.2, -0.15) is 5.26 Å². The summed E-state index contributed by atoms with van der Waals surface area (Å²) in [4.78, 5) is 14.4. The smallest absolute Gasteiger partial charge is 0.264 e. The molecule has 0 aliphatic carbocycles. The fraction of sp³-hybridized carbons (Fsp3) is 0. The first-order valence-electron chi connectivity index (χ1n) is 5.59. The summed E-state index contributed by atoms with van der Waals surface area (Å²) in [5, 5.41) is 20.3. The van der Waals surface area contributed by atoms with Crippen LogP contribution in [0.5, 0.6) is 0 Å². The van der Waals surface area contributed by atoms with E-state index in [9.17, 15) is 15.4 Å². The number of hydrogen-bond acceptors (Lipinski definition) is 4. The van der Waals surface area contributed by atoms with Gasteiger partial charge in [0, 0.05) is 24.0 Å². The van der Waals surface area contributed by atoms with Crippen LogP contribution >= 0.6 is 11.6 Å². The molecule has 0 aliphatic rings. The Morgan fingerprint density at radius 2 is 2.05 bits per heavy atom. The third-order valence-electron chi connectivity index (χ3n) is 2.62. The zero-order valence-electron chi connectivity index (χ0n) is 10.2. The predicted octanol–water partition coefficient (Wildman–Crippen LogP) is 3.62. The van der Waals surface area contributed by atoms with Gasteiger partial charge in [-0.15, -0.1) is 0 Å². The molecule has 1 aromatic carbocycles. The molecular formula is C14H8ClN3O2. The summed E-state index contributed by atoms with van der Waals surface area (Å²) < 4.78 is 0. The predicted molar refractivity (Wildman–Crippen MR) is 75.6 cm³/mol. The maximum Gasteiger partial charge on any atom is 0.278 e. The monoisotopic (exact) mass is 285 g/mol. The highest BCUT2D eigenvalue weighted by Gasteiger charge is 2.19. The van der Waals surface area contributed by atoms with Gasteiger partial charge in [0.1, 0.15) is 6.07 Å². The SMILES string of the molecule is N#C/C(=C(\Cl)c1ccccc1[N+](=O)[O-])c1cccnc1. The highest BCUT2D eigenvalue weighted by Crippen LogP contribution is 2.34. The summed E-state index contributed by atoms with van der Waals surface area (Å²) >= 11 is 6.18. The molecule has 1 aromatic heterocycles. The number of nitro benzene ring substituents is 1. The van der Waals surface area contributed by atoms with Crippen molar-refractivity contribution in [1.29, 1.82) is 5.26 Å². The molecule has 0 radical (unpaired) electrons. The Morgan fingerprint density at radius 1 is 1.30 bits per heavy atom. The Bertz CT molecular complexity index is 721. The number of rotatable bonds is 3. The number of hydrogen-bond donors (Lipinski definition) is 0. The van der Waals surface area contributed by atoms with E-state index < -0.39 is 4.92 Å². The van der Waals surface area contributed by atoms with Gasteiger partial charge in [-0.3, -0.25) is 15.1 Å². The standard InChI is InChI=1S/C14H8ClN3O2/c15-14(11-5-1-2-6-13(11)18(19)20)12(8-16)10-4-3-7-17-9-10/h1-7,9H/b14-12+. The number of nitrogens with zero attached hydrogens (tertiary/aromatic N) is 3. The van der Waals surface area contributed by atoms with Crippen molar-refractivity contribution in [3.8, 4) is 6.07 Å². The molecule has 0 saturated heterocycles. The largest absolute Gasteiger partial charge is 0.278 e. The van der Waals surface area contributed by atoms with E-state index in [2.05, 4.69) is 4.98 Å². The van der Waals surface area contributed by atoms with Gasteiger partial charge in [0.15, 0.2) is 0 Å². The molecule has 6 heteroatoms. The molecule has 0 amide bonds. The number of para-hydroxylation sites is 1. The van der Waals surface area contributed by atoms with Crippen LogP contribution in [0.15, 0.2) is 48.8 Å². The number of nitro groups is 1. The van der Waals surface area contributed by atoms with Crippen molar-refractivity contribution in [3.63, 3.8) is 0 Å². The number of allylic oxidation sites excluding steroid dienone is 1. The van der Waals surface area contributed by atoms with Gasteiger partial charge < -0.3 is 0 Å². The van der Waals surface area contributed by atoms with Crippen molar-refractivity contribution in [2.75, 3.05) is 0 Å². The summed E-state index contributed by atoms with van der Waals surface area (Å²) in [5.41, 5.74) is 0.723. The zero-order chi connectivity index (χ0) is 14.5. The molecule has 0 saturated carbocycles. The molecular weight excluding hydrogens is 278 g/mol. The van der Waals surface area contributed by atoms with Crippen LogP contribution in [0.1, 0.15) is 11.1 Å². The first-order valence-corrected chi connectivity index (χ1v) is 5.97. The van der Waals surface area contributed by atoms with E-state index in [1.807, 2.05) is 6.07 Å². The minimum absolute atomic E-state index is 0.0350. The Hall–Kier alpha value is -2.71. The third-order valence-corrected chi connectivity index (χ3v) is 3.01. The lowest BCUT2D eigenvalue weighted by atomic mass is 10.0. The normalized spacial score (nSPS) is 11.4. The zero-order valence-corrected chi connectivity index (χ0v) is 10.9. The number of pyridine rings is 1. The first kappa shape index (κ1) is 13.7. The minimum Gasteiger partial charge on any atom is -0.264 e. The van der Waals surface area contributed by atoms with E-state index in [0.717, 1.165) is 0 Å². The van der Waals surface area contributed by atoms with Crippen LogP contribution < -0.4 is 0 Å². The summed E-state index contributed by atoms with van der Waals surface area (Å²) in [6.07, 6.45) is 3.05. The average Bonchev–Trinajstić information content (AvgIpc) is 2.49. The highest BCUT2D eigenvalue weighted by molar-refractivity contribution is 6.53. The summed E-state index contributed by atoms with van der Waals surface area (Å²) in [7, 11) is 0. The van der Waals surface area contributed by atoms with Crippen molar-refractivity contribution in [2.24, 2.45) is 0 Å². The summed E-state index contributed by atoms with van der Waals surface area (Å²) in [6.45, 7) is 0. The van der Waals surface area contributed by atoms with E-state index in [1.54, 1.807) is 30.5 Å². The van der Waals surface area contributed by atoms with Gasteiger partial charge in [-0.1, -0.05) is 29.8 Å². The molecule has 2 rings (SSSR count). The Morgan fingerprint density at radius 3 is 2.65 bits per heavy atom. The molecule has 0 unspecified atom stereocenters. The van der Waals surface area contributed by atoms with Crippen molar-refractivity contribution in [1.82, 2.24) is 4.98 Å². The quantitative estimate of drug-likeness (QED) is 0.490. The lowest BCUT2D eigenvalue weighted by molar-refractivity contribution is -0.385. The van der Waals surface area contributed by atoms with Crippen LogP contribution in [0, 0.1) is 21.4 Å². The Labute approximate surface area is 119 Å². The molecule has 0 fully saturated rings. The van der Waals surface area contributed by atoms with Crippen molar-refractivity contribution in [3.05, 3.63) is 70.0 Å². The molecule has 0 N–H and O–H groups in total. The number of aromatic nitrogens is 1. The lowest BCUT2D eigenvalue weighted by Gasteiger charge is -2.05. The van der Waals surface area contributed by atoms with Gasteiger partial charge in [0.05, 0.1) is 21.1 Å². The summed E-state index contributed by atoms with van der Waals surface area (Å²) in [6, 6.07) is 11.3. The Balaban J connectivity index is 2.65. The molecule has 0 atom stereocenters. The molecule has 0 spiro atoms.